The van der Waals surface area contributed by atoms with Crippen molar-refractivity contribution in [2.45, 2.75) is 30.8 Å². The third-order valence-corrected chi connectivity index (χ3v) is 6.53. The number of sulfonamides is 1. The van der Waals surface area contributed by atoms with Crippen molar-refractivity contribution in [2.75, 3.05) is 13.6 Å². The molecule has 2 fully saturated rings. The van der Waals surface area contributed by atoms with Gasteiger partial charge in [0, 0.05) is 13.6 Å². The van der Waals surface area contributed by atoms with Crippen molar-refractivity contribution in [3.05, 3.63) is 17.9 Å². The van der Waals surface area contributed by atoms with Crippen molar-refractivity contribution in [2.24, 2.45) is 17.8 Å². The van der Waals surface area contributed by atoms with E-state index in [9.17, 15) is 13.2 Å². The minimum atomic E-state index is -3.75. The Labute approximate surface area is 123 Å². The van der Waals surface area contributed by atoms with E-state index < -0.39 is 16.0 Å². The molecule has 1 aromatic heterocycles. The van der Waals surface area contributed by atoms with E-state index in [0.29, 0.717) is 18.4 Å². The minimum absolute atomic E-state index is 0.300. The molecule has 7 heteroatoms. The highest BCUT2D eigenvalue weighted by atomic mass is 32.2. The third-order valence-electron chi connectivity index (χ3n) is 4.83. The Morgan fingerprint density at radius 2 is 2.14 bits per heavy atom. The molecule has 3 unspecified atom stereocenters. The van der Waals surface area contributed by atoms with Crippen LogP contribution < -0.4 is 0 Å². The summed E-state index contributed by atoms with van der Waals surface area (Å²) in [4.78, 5) is 10.8. The average molecular weight is 313 g/mol. The van der Waals surface area contributed by atoms with Crippen molar-refractivity contribution in [1.82, 2.24) is 4.31 Å². The molecule has 2 aliphatic carbocycles. The lowest BCUT2D eigenvalue weighted by molar-refractivity contribution is 0.0656. The first-order chi connectivity index (χ1) is 9.88. The Morgan fingerprint density at radius 1 is 1.38 bits per heavy atom. The first-order valence-corrected chi connectivity index (χ1v) is 8.61. The average Bonchev–Trinajstić information content (AvgIpc) is 3.14. The summed E-state index contributed by atoms with van der Waals surface area (Å²) in [7, 11) is -2.22. The summed E-state index contributed by atoms with van der Waals surface area (Å²) in [6.07, 6.45) is 4.80. The number of furan rings is 1. The Hall–Kier alpha value is -1.34. The van der Waals surface area contributed by atoms with E-state index in [2.05, 4.69) is 0 Å². The number of fused-ring (bicyclic) bond motifs is 2. The molecule has 21 heavy (non-hydrogen) atoms. The van der Waals surface area contributed by atoms with E-state index in [4.69, 9.17) is 9.52 Å². The maximum atomic E-state index is 12.4. The molecule has 0 spiro atoms. The Kier molecular flexibility index (Phi) is 3.57. The summed E-state index contributed by atoms with van der Waals surface area (Å²) in [5.41, 5.74) is 0. The lowest BCUT2D eigenvalue weighted by Gasteiger charge is -2.26. The molecule has 1 aromatic rings. The van der Waals surface area contributed by atoms with Crippen LogP contribution in [-0.2, 0) is 10.0 Å². The predicted molar refractivity (Wildman–Crippen MR) is 74.4 cm³/mol. The molecule has 2 saturated carbocycles. The van der Waals surface area contributed by atoms with Gasteiger partial charge >= 0.3 is 5.97 Å². The SMILES string of the molecule is CN(CC1CC2CCC1C2)S(=O)(=O)c1ccc(C(=O)O)o1. The summed E-state index contributed by atoms with van der Waals surface area (Å²) in [6, 6.07) is 2.37. The second-order valence-electron chi connectivity index (χ2n) is 6.14. The molecule has 6 nitrogen and oxygen atoms in total. The number of nitrogens with zero attached hydrogens (tertiary/aromatic N) is 1. The zero-order valence-electron chi connectivity index (χ0n) is 11.9. The van der Waals surface area contributed by atoms with Crippen molar-refractivity contribution in [3.8, 4) is 0 Å². The number of carbonyl (C=O) groups is 1. The standard InChI is InChI=1S/C14H19NO5S/c1-15(8-11-7-9-2-3-10(11)6-9)21(18,19)13-5-4-12(20-13)14(16)17/h4-5,9-11H,2-3,6-8H2,1H3,(H,16,17). The van der Waals surface area contributed by atoms with Gasteiger partial charge in [-0.25, -0.2) is 13.2 Å². The first kappa shape index (κ1) is 14.6. The third kappa shape index (κ3) is 2.60. The van der Waals surface area contributed by atoms with Crippen molar-refractivity contribution in [1.29, 1.82) is 0 Å². The number of aromatic carboxylic acids is 1. The summed E-state index contributed by atoms with van der Waals surface area (Å²) >= 11 is 0. The fourth-order valence-electron chi connectivity index (χ4n) is 3.76. The molecule has 0 aliphatic heterocycles. The van der Waals surface area contributed by atoms with Gasteiger partial charge in [0.25, 0.3) is 10.0 Å². The van der Waals surface area contributed by atoms with Crippen molar-refractivity contribution < 1.29 is 22.7 Å². The number of hydrogen-bond acceptors (Lipinski definition) is 4. The van der Waals surface area contributed by atoms with Crippen LogP contribution in [0.15, 0.2) is 21.6 Å². The molecule has 1 N–H and O–H groups in total. The summed E-state index contributed by atoms with van der Waals surface area (Å²) < 4.78 is 31.0. The van der Waals surface area contributed by atoms with Crippen LogP contribution in [0.5, 0.6) is 0 Å². The van der Waals surface area contributed by atoms with Gasteiger partial charge in [-0.2, -0.15) is 4.31 Å². The molecule has 3 atom stereocenters. The van der Waals surface area contributed by atoms with Crippen molar-refractivity contribution in [3.63, 3.8) is 0 Å². The van der Waals surface area contributed by atoms with Crippen LogP contribution in [0.1, 0.15) is 36.2 Å². The quantitative estimate of drug-likeness (QED) is 0.898. The molecule has 0 amide bonds. The Balaban J connectivity index is 1.73. The highest BCUT2D eigenvalue weighted by molar-refractivity contribution is 7.89. The maximum Gasteiger partial charge on any atom is 0.371 e. The second kappa shape index (κ2) is 5.14. The zero-order chi connectivity index (χ0) is 15.2. The smallest absolute Gasteiger partial charge is 0.371 e. The maximum absolute atomic E-state index is 12.4. The minimum Gasteiger partial charge on any atom is -0.475 e. The van der Waals surface area contributed by atoms with Gasteiger partial charge in [-0.1, -0.05) is 6.42 Å². The van der Waals surface area contributed by atoms with Gasteiger partial charge in [0.1, 0.15) is 0 Å². The second-order valence-corrected chi connectivity index (χ2v) is 8.12. The molecule has 1 heterocycles. The van der Waals surface area contributed by atoms with E-state index in [-0.39, 0.29) is 10.9 Å². The van der Waals surface area contributed by atoms with E-state index in [1.807, 2.05) is 0 Å². The van der Waals surface area contributed by atoms with Crippen LogP contribution in [0.4, 0.5) is 0 Å². The van der Waals surface area contributed by atoms with Crippen LogP contribution in [0.2, 0.25) is 0 Å². The van der Waals surface area contributed by atoms with Crippen molar-refractivity contribution >= 4 is 16.0 Å². The largest absolute Gasteiger partial charge is 0.475 e. The van der Waals surface area contributed by atoms with Gasteiger partial charge in [-0.15, -0.1) is 0 Å². The summed E-state index contributed by atoms with van der Waals surface area (Å²) in [6.45, 7) is 0.479. The fourth-order valence-corrected chi connectivity index (χ4v) is 4.89. The molecule has 2 aliphatic rings. The van der Waals surface area contributed by atoms with Gasteiger partial charge in [-0.05, 0) is 49.1 Å². The number of rotatable bonds is 5. The van der Waals surface area contributed by atoms with E-state index in [0.717, 1.165) is 12.3 Å². The van der Waals surface area contributed by atoms with Crippen LogP contribution >= 0.6 is 0 Å². The van der Waals surface area contributed by atoms with Gasteiger partial charge in [0.05, 0.1) is 0 Å². The van der Waals surface area contributed by atoms with Gasteiger partial charge in [0.2, 0.25) is 10.9 Å². The number of carboxylic acids is 1. The molecular formula is C14H19NO5S. The fraction of sp³-hybridized carbons (Fsp3) is 0.643. The number of hydrogen-bond donors (Lipinski definition) is 1. The van der Waals surface area contributed by atoms with Crippen LogP contribution in [0.25, 0.3) is 0 Å². The highest BCUT2D eigenvalue weighted by Crippen LogP contribution is 2.48. The van der Waals surface area contributed by atoms with Gasteiger partial charge in [-0.3, -0.25) is 0 Å². The lowest BCUT2D eigenvalue weighted by atomic mass is 9.89. The van der Waals surface area contributed by atoms with Gasteiger partial charge in [0.15, 0.2) is 0 Å². The predicted octanol–water partition coefficient (Wildman–Crippen LogP) is 2.03. The topological polar surface area (TPSA) is 87.8 Å². The van der Waals surface area contributed by atoms with Crippen LogP contribution in [0, 0.1) is 17.8 Å². The lowest BCUT2D eigenvalue weighted by Crippen LogP contribution is -2.33. The molecule has 3 rings (SSSR count). The molecular weight excluding hydrogens is 294 g/mol. The van der Waals surface area contributed by atoms with E-state index in [1.54, 1.807) is 0 Å². The monoisotopic (exact) mass is 313 g/mol. The summed E-state index contributed by atoms with van der Waals surface area (Å²) in [5.74, 6) is 0.184. The molecule has 0 aromatic carbocycles. The van der Waals surface area contributed by atoms with Crippen LogP contribution in [-0.4, -0.2) is 37.4 Å². The molecule has 2 bridgehead atoms. The van der Waals surface area contributed by atoms with E-state index in [1.165, 1.54) is 42.7 Å². The van der Waals surface area contributed by atoms with E-state index >= 15 is 0 Å². The molecule has 0 saturated heterocycles. The Morgan fingerprint density at radius 3 is 2.67 bits per heavy atom. The van der Waals surface area contributed by atoms with Gasteiger partial charge < -0.3 is 9.52 Å². The normalized spacial score (nSPS) is 28.4. The highest BCUT2D eigenvalue weighted by Gasteiger charge is 2.41. The number of carboxylic acid groups (broad SMARTS) is 1. The first-order valence-electron chi connectivity index (χ1n) is 7.17. The molecule has 0 radical (unpaired) electrons. The molecule has 116 valence electrons. The summed E-state index contributed by atoms with van der Waals surface area (Å²) in [5, 5.41) is 8.50. The van der Waals surface area contributed by atoms with Crippen LogP contribution in [0.3, 0.4) is 0 Å². The Bertz CT molecular complexity index is 650. The zero-order valence-corrected chi connectivity index (χ0v) is 12.7.